The van der Waals surface area contributed by atoms with E-state index in [1.54, 1.807) is 28.5 Å². The van der Waals surface area contributed by atoms with E-state index in [1.807, 2.05) is 6.07 Å². The molecule has 0 saturated carbocycles. The first-order chi connectivity index (χ1) is 12.5. The fraction of sp³-hybridized carbons (Fsp3) is 0.176. The van der Waals surface area contributed by atoms with Crippen LogP contribution in [-0.2, 0) is 31.3 Å². The number of Topliss-reactive ketones (excluding diaryl/α,β-unsaturated/α-hetero) is 1. The van der Waals surface area contributed by atoms with Crippen LogP contribution in [0.4, 0.5) is 0 Å². The van der Waals surface area contributed by atoms with E-state index in [9.17, 15) is 21.6 Å². The molecule has 2 N–H and O–H groups in total. The number of pyridine rings is 1. The summed E-state index contributed by atoms with van der Waals surface area (Å²) in [5.74, 6) is 0.0241. The predicted octanol–water partition coefficient (Wildman–Crippen LogP) is 1.60. The van der Waals surface area contributed by atoms with Gasteiger partial charge in [-0.15, -0.1) is 4.13 Å². The molecule has 0 aliphatic heterocycles. The average Bonchev–Trinajstić information content (AvgIpc) is 2.94. The molecule has 0 atom stereocenters. The predicted molar refractivity (Wildman–Crippen MR) is 101 cm³/mol. The molecule has 10 heteroatoms. The molecule has 0 aliphatic carbocycles. The Labute approximate surface area is 156 Å². The summed E-state index contributed by atoms with van der Waals surface area (Å²) in [5, 5.41) is 0.804. The number of hydrogen-bond acceptors (Lipinski definition) is 6. The largest absolute Gasteiger partial charge is 0.343 e. The highest BCUT2D eigenvalue weighted by Crippen LogP contribution is 2.29. The Kier molecular flexibility index (Phi) is 4.89. The number of carbonyl (C=O) groups is 1. The second kappa shape index (κ2) is 6.87. The first-order valence-corrected chi connectivity index (χ1v) is 11.2. The van der Waals surface area contributed by atoms with Crippen LogP contribution in [0.25, 0.3) is 22.2 Å². The van der Waals surface area contributed by atoms with Crippen LogP contribution in [0.15, 0.2) is 47.5 Å². The van der Waals surface area contributed by atoms with E-state index in [2.05, 4.69) is 9.97 Å². The number of rotatable bonds is 6. The molecule has 8 nitrogen and oxygen atoms in total. The van der Waals surface area contributed by atoms with Crippen molar-refractivity contribution in [1.29, 1.82) is 0 Å². The van der Waals surface area contributed by atoms with Gasteiger partial charge < -0.3 is 4.98 Å². The van der Waals surface area contributed by atoms with Gasteiger partial charge in [0, 0.05) is 23.7 Å². The molecule has 0 unspecified atom stereocenters. The van der Waals surface area contributed by atoms with Crippen LogP contribution in [-0.4, -0.2) is 38.8 Å². The molecule has 3 aromatic rings. The highest BCUT2D eigenvalue weighted by atomic mass is 32.3. The number of benzene rings is 1. The van der Waals surface area contributed by atoms with Gasteiger partial charge in [0.2, 0.25) is 10.0 Å². The minimum Gasteiger partial charge on any atom is -0.343 e. The van der Waals surface area contributed by atoms with E-state index >= 15 is 0 Å². The van der Waals surface area contributed by atoms with Crippen molar-refractivity contribution in [3.8, 4) is 11.1 Å². The normalized spacial score (nSPS) is 12.4. The fourth-order valence-corrected chi connectivity index (χ4v) is 5.23. The zero-order valence-electron chi connectivity index (χ0n) is 14.6. The number of nitrogens with one attached hydrogen (secondary N) is 2. The molecule has 0 amide bonds. The van der Waals surface area contributed by atoms with Crippen molar-refractivity contribution in [2.24, 2.45) is 0 Å². The Hall–Kier alpha value is -2.56. The first kappa shape index (κ1) is 19.2. The molecule has 27 heavy (non-hydrogen) atoms. The van der Waals surface area contributed by atoms with Crippen LogP contribution < -0.4 is 4.13 Å². The van der Waals surface area contributed by atoms with E-state index in [0.717, 1.165) is 28.5 Å². The van der Waals surface area contributed by atoms with E-state index in [-0.39, 0.29) is 17.1 Å². The van der Waals surface area contributed by atoms with Gasteiger partial charge in [0.15, 0.2) is 0 Å². The van der Waals surface area contributed by atoms with Gasteiger partial charge in [-0.25, -0.2) is 21.8 Å². The summed E-state index contributed by atoms with van der Waals surface area (Å²) >= 11 is 0. The summed E-state index contributed by atoms with van der Waals surface area (Å²) in [4.78, 5) is 18.5. The van der Waals surface area contributed by atoms with Gasteiger partial charge in [-0.1, -0.05) is 12.1 Å². The molecule has 0 aliphatic rings. The van der Waals surface area contributed by atoms with Crippen LogP contribution in [0.2, 0.25) is 0 Å². The van der Waals surface area contributed by atoms with Gasteiger partial charge >= 0.3 is 0 Å². The molecule has 0 saturated heterocycles. The maximum Gasteiger partial charge on any atom is 0.253 e. The number of nitrogens with zero attached hydrogens (tertiary/aromatic N) is 1. The molecule has 0 bridgehead atoms. The minimum absolute atomic E-state index is 0.0241. The lowest BCUT2D eigenvalue weighted by Crippen LogP contribution is -2.29. The molecule has 0 fully saturated rings. The minimum atomic E-state index is -4.16. The van der Waals surface area contributed by atoms with Crippen molar-refractivity contribution in [1.82, 2.24) is 14.1 Å². The Morgan fingerprint density at radius 3 is 2.37 bits per heavy atom. The fourth-order valence-electron chi connectivity index (χ4n) is 2.76. The van der Waals surface area contributed by atoms with Gasteiger partial charge in [0.05, 0.1) is 11.2 Å². The first-order valence-electron chi connectivity index (χ1n) is 7.85. The number of fused-ring (bicyclic) bond motifs is 1. The lowest BCUT2D eigenvalue weighted by atomic mass is 10.0. The van der Waals surface area contributed by atoms with Crippen LogP contribution >= 0.6 is 0 Å². The van der Waals surface area contributed by atoms with Gasteiger partial charge in [0.25, 0.3) is 10.0 Å². The Balaban J connectivity index is 2.00. The summed E-state index contributed by atoms with van der Waals surface area (Å²) in [5.41, 5.74) is 2.91. The third-order valence-corrected chi connectivity index (χ3v) is 6.75. The molecule has 1 aromatic carbocycles. The number of H-pyrrole nitrogens is 1. The van der Waals surface area contributed by atoms with Crippen molar-refractivity contribution >= 4 is 36.9 Å². The van der Waals surface area contributed by atoms with Crippen LogP contribution in [0, 0.1) is 0 Å². The lowest BCUT2D eigenvalue weighted by Gasteiger charge is -2.07. The van der Waals surface area contributed by atoms with Crippen molar-refractivity contribution in [2.45, 2.75) is 18.2 Å². The van der Waals surface area contributed by atoms with Crippen molar-refractivity contribution in [2.75, 3.05) is 6.26 Å². The van der Waals surface area contributed by atoms with E-state index in [1.165, 1.54) is 19.1 Å². The van der Waals surface area contributed by atoms with Crippen molar-refractivity contribution < 1.29 is 21.6 Å². The molecule has 2 aromatic heterocycles. The van der Waals surface area contributed by atoms with Gasteiger partial charge in [0.1, 0.15) is 11.4 Å². The lowest BCUT2D eigenvalue weighted by molar-refractivity contribution is -0.116. The maximum atomic E-state index is 12.1. The number of carbonyl (C=O) groups excluding carboxylic acids is 1. The number of sulfonamides is 2. The molecule has 2 heterocycles. The summed E-state index contributed by atoms with van der Waals surface area (Å²) in [6.07, 6.45) is 2.66. The summed E-state index contributed by atoms with van der Waals surface area (Å²) in [7, 11) is -8.07. The highest BCUT2D eigenvalue weighted by molar-refractivity contribution is 8.04. The van der Waals surface area contributed by atoms with Gasteiger partial charge in [-0.05, 0) is 42.3 Å². The number of hydrogen-bond donors (Lipinski definition) is 2. The summed E-state index contributed by atoms with van der Waals surface area (Å²) < 4.78 is 48.2. The monoisotopic (exact) mass is 407 g/mol. The third kappa shape index (κ3) is 4.41. The van der Waals surface area contributed by atoms with E-state index in [0.29, 0.717) is 5.65 Å². The van der Waals surface area contributed by atoms with E-state index < -0.39 is 20.0 Å². The standard InChI is InChI=1S/C17H17N3O5S2/c1-11(21)9-13-10-16-15(7-8-18-17(16)19-13)12-3-5-14(6-4-12)27(24,25)20-26(2,22)23/h3-8,10,20H,9H2,1-2H3,(H,18,19). The van der Waals surface area contributed by atoms with Crippen molar-refractivity contribution in [3.05, 3.63) is 48.3 Å². The van der Waals surface area contributed by atoms with Gasteiger partial charge in [-0.3, -0.25) is 4.79 Å². The molecular formula is C17H17N3O5S2. The van der Waals surface area contributed by atoms with Gasteiger partial charge in [-0.2, -0.15) is 0 Å². The Bertz CT molecular complexity index is 1230. The smallest absolute Gasteiger partial charge is 0.253 e. The zero-order chi connectivity index (χ0) is 19.8. The number of aromatic amines is 1. The Morgan fingerprint density at radius 1 is 1.11 bits per heavy atom. The van der Waals surface area contributed by atoms with E-state index in [4.69, 9.17) is 0 Å². The number of aromatic nitrogens is 2. The topological polar surface area (TPSA) is 126 Å². The second-order valence-electron chi connectivity index (χ2n) is 6.18. The maximum absolute atomic E-state index is 12.1. The molecular weight excluding hydrogens is 390 g/mol. The Morgan fingerprint density at radius 2 is 1.78 bits per heavy atom. The van der Waals surface area contributed by atoms with Crippen molar-refractivity contribution in [3.63, 3.8) is 0 Å². The van der Waals surface area contributed by atoms with Crippen LogP contribution in [0.3, 0.4) is 0 Å². The van der Waals surface area contributed by atoms with Crippen LogP contribution in [0.1, 0.15) is 12.6 Å². The summed E-state index contributed by atoms with van der Waals surface area (Å²) in [6.45, 7) is 1.50. The quantitative estimate of drug-likeness (QED) is 0.639. The average molecular weight is 407 g/mol. The molecule has 142 valence electrons. The number of ketones is 1. The molecule has 0 spiro atoms. The SMILES string of the molecule is CC(=O)Cc1cc2c(-c3ccc(S(=O)(=O)NS(C)(=O)=O)cc3)ccnc2[nH]1. The third-order valence-electron chi connectivity index (χ3n) is 3.76. The summed E-state index contributed by atoms with van der Waals surface area (Å²) in [6, 6.07) is 9.46. The second-order valence-corrected chi connectivity index (χ2v) is 9.87. The van der Waals surface area contributed by atoms with Crippen LogP contribution in [0.5, 0.6) is 0 Å². The molecule has 0 radical (unpaired) electrons. The molecule has 3 rings (SSSR count). The zero-order valence-corrected chi connectivity index (χ0v) is 16.2. The highest BCUT2D eigenvalue weighted by Gasteiger charge is 2.19.